The molecule has 0 spiro atoms. The molecule has 0 heterocycles. The maximum atomic E-state index is 13.4. The van der Waals surface area contributed by atoms with Crippen LogP contribution in [0.15, 0.2) is 54.6 Å². The van der Waals surface area contributed by atoms with Gasteiger partial charge in [-0.1, -0.05) is 80.1 Å². The van der Waals surface area contributed by atoms with Crippen LogP contribution >= 0.6 is 0 Å². The summed E-state index contributed by atoms with van der Waals surface area (Å²) in [6.07, 6.45) is -1.54. The van der Waals surface area contributed by atoms with Crippen molar-refractivity contribution in [2.75, 3.05) is 11.5 Å². The summed E-state index contributed by atoms with van der Waals surface area (Å²) in [6, 6.07) is 17.9. The molecule has 2 nitrogen and oxygen atoms in total. The molecule has 0 fully saturated rings. The van der Waals surface area contributed by atoms with Crippen molar-refractivity contribution in [2.45, 2.75) is 82.7 Å². The Morgan fingerprint density at radius 3 is 1.98 bits per heavy atom. The van der Waals surface area contributed by atoms with Crippen molar-refractivity contribution in [1.29, 1.82) is 0 Å². The molecule has 0 radical (unpaired) electrons. The second kappa shape index (κ2) is 14.0. The van der Waals surface area contributed by atoms with Crippen LogP contribution in [-0.2, 0) is 17.2 Å². The molecule has 3 aromatic carbocycles. The second-order valence-corrected chi connectivity index (χ2v) is 12.2. The fourth-order valence-corrected chi connectivity index (χ4v) is 6.03. The van der Waals surface area contributed by atoms with Crippen LogP contribution in [0.25, 0.3) is 21.9 Å². The van der Waals surface area contributed by atoms with Gasteiger partial charge in [0.15, 0.2) is 0 Å². The Kier molecular flexibility index (Phi) is 11.3. The quantitative estimate of drug-likeness (QED) is 0.139. The number of unbranched alkanes of at least 4 members (excludes halogenated alkanes) is 6. The molecule has 3 aromatic rings. The molecule has 0 aliphatic carbocycles. The molecule has 1 N–H and O–H groups in total. The van der Waals surface area contributed by atoms with Gasteiger partial charge in [-0.3, -0.25) is 4.21 Å². The van der Waals surface area contributed by atoms with E-state index >= 15 is 0 Å². The van der Waals surface area contributed by atoms with Gasteiger partial charge in [-0.2, -0.15) is 30.7 Å². The number of halogens is 7. The number of benzene rings is 3. The van der Waals surface area contributed by atoms with Gasteiger partial charge in [-0.25, -0.2) is 0 Å². The smallest absolute Gasteiger partial charge is 0.459 e. The van der Waals surface area contributed by atoms with Crippen LogP contribution in [0.2, 0.25) is 0 Å². The molecule has 0 amide bonds. The third kappa shape index (κ3) is 8.69. The van der Waals surface area contributed by atoms with Crippen LogP contribution in [0, 0.1) is 6.92 Å². The lowest BCUT2D eigenvalue weighted by atomic mass is 9.90. The van der Waals surface area contributed by atoms with Crippen LogP contribution in [-0.4, -0.2) is 38.8 Å². The number of hydrogen-bond donors (Lipinski definition) is 1. The first-order valence-electron chi connectivity index (χ1n) is 13.7. The van der Waals surface area contributed by atoms with Gasteiger partial charge in [-0.15, -0.1) is 0 Å². The molecule has 0 aliphatic rings. The predicted molar refractivity (Wildman–Crippen MR) is 150 cm³/mol. The van der Waals surface area contributed by atoms with Crippen LogP contribution in [0.3, 0.4) is 0 Å². The summed E-state index contributed by atoms with van der Waals surface area (Å²) in [5.74, 6) is -12.1. The first-order valence-corrected chi connectivity index (χ1v) is 15.2. The van der Waals surface area contributed by atoms with Crippen molar-refractivity contribution in [3.63, 3.8) is 0 Å². The van der Waals surface area contributed by atoms with Crippen LogP contribution < -0.4 is 0 Å². The standard InChI is InChI=1S/C31H35F7O2S/c1-22-10-12-23(13-11-22)26-16-14-24-21-25(39)15-17-27(24)28(26)9-7-5-3-2-4-6-8-19-41(40)20-18-29(32,33)30(34,35)31(36,37)38/h10-17,21,39H,2-9,18-20H2,1H3. The third-order valence-electron chi connectivity index (χ3n) is 7.24. The fraction of sp³-hybridized carbons (Fsp3) is 0.484. The normalized spacial score (nSPS) is 13.6. The van der Waals surface area contributed by atoms with Crippen molar-refractivity contribution in [3.05, 3.63) is 65.7 Å². The molecule has 10 heteroatoms. The Labute approximate surface area is 238 Å². The number of aromatic hydroxyl groups is 1. The van der Waals surface area contributed by atoms with Crippen LogP contribution in [0.1, 0.15) is 62.5 Å². The van der Waals surface area contributed by atoms with E-state index in [0.29, 0.717) is 12.8 Å². The second-order valence-electron chi connectivity index (χ2n) is 10.5. The zero-order valence-electron chi connectivity index (χ0n) is 22.9. The summed E-state index contributed by atoms with van der Waals surface area (Å²) >= 11 is 0. The fourth-order valence-electron chi connectivity index (χ4n) is 4.81. The summed E-state index contributed by atoms with van der Waals surface area (Å²) in [4.78, 5) is 0. The van der Waals surface area contributed by atoms with E-state index in [1.165, 1.54) is 11.1 Å². The van der Waals surface area contributed by atoms with Crippen molar-refractivity contribution in [2.24, 2.45) is 0 Å². The van der Waals surface area contributed by atoms with Gasteiger partial charge >= 0.3 is 18.0 Å². The maximum Gasteiger partial charge on any atom is 0.459 e. The van der Waals surface area contributed by atoms with Gasteiger partial charge in [-0.05, 0) is 65.8 Å². The van der Waals surface area contributed by atoms with E-state index in [0.717, 1.165) is 60.4 Å². The Morgan fingerprint density at radius 1 is 0.732 bits per heavy atom. The minimum Gasteiger partial charge on any atom is -0.508 e. The van der Waals surface area contributed by atoms with Gasteiger partial charge in [0, 0.05) is 28.7 Å². The SMILES string of the molecule is Cc1ccc(-c2ccc3cc(O)ccc3c2CCCCCCCCCS(=O)CCC(F)(F)C(F)(F)C(F)(F)F)cc1. The topological polar surface area (TPSA) is 37.3 Å². The van der Waals surface area contributed by atoms with Crippen molar-refractivity contribution in [1.82, 2.24) is 0 Å². The number of phenols is 1. The van der Waals surface area contributed by atoms with Crippen molar-refractivity contribution in [3.8, 4) is 16.9 Å². The number of hydrogen-bond acceptors (Lipinski definition) is 2. The Hall–Kier alpha value is -2.62. The summed E-state index contributed by atoms with van der Waals surface area (Å²) < 4.78 is 101. The predicted octanol–water partition coefficient (Wildman–Crippen LogP) is 9.77. The van der Waals surface area contributed by atoms with Gasteiger partial charge in [0.1, 0.15) is 5.75 Å². The van der Waals surface area contributed by atoms with Crippen LogP contribution in [0.5, 0.6) is 5.75 Å². The van der Waals surface area contributed by atoms with E-state index in [-0.39, 0.29) is 11.5 Å². The minimum atomic E-state index is -6.36. The molecule has 0 saturated heterocycles. The van der Waals surface area contributed by atoms with Gasteiger partial charge < -0.3 is 5.11 Å². The first kappa shape index (κ1) is 32.9. The number of aryl methyl sites for hydroxylation is 2. The van der Waals surface area contributed by atoms with Gasteiger partial charge in [0.2, 0.25) is 0 Å². The molecule has 1 unspecified atom stereocenters. The van der Waals surface area contributed by atoms with E-state index in [4.69, 9.17) is 0 Å². The Bertz CT molecular complexity index is 1300. The summed E-state index contributed by atoms with van der Waals surface area (Å²) in [6.45, 7) is 2.04. The highest BCUT2D eigenvalue weighted by Gasteiger charge is 2.72. The lowest BCUT2D eigenvalue weighted by molar-refractivity contribution is -0.354. The lowest BCUT2D eigenvalue weighted by Gasteiger charge is -2.27. The monoisotopic (exact) mass is 604 g/mol. The summed E-state index contributed by atoms with van der Waals surface area (Å²) in [5.41, 5.74) is 4.71. The van der Waals surface area contributed by atoms with E-state index in [2.05, 4.69) is 30.3 Å². The van der Waals surface area contributed by atoms with Crippen LogP contribution in [0.4, 0.5) is 30.7 Å². The maximum absolute atomic E-state index is 13.4. The number of alkyl halides is 7. The molecule has 0 aromatic heterocycles. The highest BCUT2D eigenvalue weighted by Crippen LogP contribution is 2.48. The molecule has 0 saturated carbocycles. The van der Waals surface area contributed by atoms with E-state index < -0.39 is 41.0 Å². The Balaban J connectivity index is 1.40. The summed E-state index contributed by atoms with van der Waals surface area (Å²) in [5, 5.41) is 12.0. The molecule has 226 valence electrons. The summed E-state index contributed by atoms with van der Waals surface area (Å²) in [7, 11) is -1.89. The molecular formula is C31H35F7O2S. The molecular weight excluding hydrogens is 569 g/mol. The highest BCUT2D eigenvalue weighted by atomic mass is 32.2. The molecule has 0 bridgehead atoms. The third-order valence-corrected chi connectivity index (χ3v) is 8.64. The first-order chi connectivity index (χ1) is 19.2. The average Bonchev–Trinajstić information content (AvgIpc) is 2.90. The number of phenolic OH excluding ortho intramolecular Hbond substituents is 1. The largest absolute Gasteiger partial charge is 0.508 e. The molecule has 0 aliphatic heterocycles. The number of fused-ring (bicyclic) bond motifs is 1. The van der Waals surface area contributed by atoms with Gasteiger partial charge in [0.25, 0.3) is 0 Å². The number of rotatable bonds is 15. The zero-order chi connectivity index (χ0) is 30.3. The molecule has 41 heavy (non-hydrogen) atoms. The van der Waals surface area contributed by atoms with E-state index in [1.54, 1.807) is 12.1 Å². The molecule has 3 rings (SSSR count). The highest BCUT2D eigenvalue weighted by molar-refractivity contribution is 7.84. The Morgan fingerprint density at radius 2 is 1.34 bits per heavy atom. The lowest BCUT2D eigenvalue weighted by Crippen LogP contribution is -2.52. The van der Waals surface area contributed by atoms with Gasteiger partial charge in [0.05, 0.1) is 0 Å². The van der Waals surface area contributed by atoms with Crippen molar-refractivity contribution < 1.29 is 40.0 Å². The molecule has 1 atom stereocenters. The van der Waals surface area contributed by atoms with E-state index in [9.17, 15) is 40.0 Å². The van der Waals surface area contributed by atoms with E-state index in [1.807, 2.05) is 19.1 Å². The van der Waals surface area contributed by atoms with Crippen molar-refractivity contribution >= 4 is 21.6 Å². The minimum absolute atomic E-state index is 0.00784. The average molecular weight is 605 g/mol. The zero-order valence-corrected chi connectivity index (χ0v) is 23.7.